The Labute approximate surface area is 265 Å². The van der Waals surface area contributed by atoms with Crippen LogP contribution in [0, 0.1) is 0 Å². The van der Waals surface area contributed by atoms with Gasteiger partial charge in [-0.2, -0.15) is 0 Å². The number of carbonyl (C=O) groups is 1. The van der Waals surface area contributed by atoms with Crippen LogP contribution in [-0.4, -0.2) is 25.5 Å². The SMILES string of the molecule is CCCCCCCCCCCCCCCCCC(=O)[O-].CCCCCCCCCCCCOS(=O)(=O)[O-].[NH4+].[Na+]. The molecule has 0 amide bonds. The van der Waals surface area contributed by atoms with Crippen molar-refractivity contribution in [3.63, 3.8) is 0 Å². The molecule has 0 aromatic carbocycles. The first-order valence-corrected chi connectivity index (χ1v) is 17.0. The Balaban J connectivity index is -0.000000302. The Morgan fingerprint density at radius 1 is 0.538 bits per heavy atom. The van der Waals surface area contributed by atoms with E-state index in [9.17, 15) is 22.9 Å². The zero-order valence-corrected chi connectivity index (χ0v) is 29.3. The van der Waals surface area contributed by atoms with Crippen molar-refractivity contribution in [3.05, 3.63) is 0 Å². The molecule has 0 spiro atoms. The van der Waals surface area contributed by atoms with Gasteiger partial charge in [-0.1, -0.05) is 162 Å². The van der Waals surface area contributed by atoms with Gasteiger partial charge in [0.1, 0.15) is 0 Å². The number of aliphatic carboxylic acids is 1. The van der Waals surface area contributed by atoms with Crippen molar-refractivity contribution < 1.29 is 56.6 Å². The molecule has 232 valence electrons. The normalized spacial score (nSPS) is 10.7. The Morgan fingerprint density at radius 2 is 0.795 bits per heavy atom. The van der Waals surface area contributed by atoms with Crippen LogP contribution in [0.1, 0.15) is 181 Å². The number of carbonyl (C=O) groups excluding carboxylic acids is 1. The van der Waals surface area contributed by atoms with Gasteiger partial charge in [0.2, 0.25) is 10.4 Å². The molecule has 0 radical (unpaired) electrons. The van der Waals surface area contributed by atoms with Crippen LogP contribution < -0.4 is 40.8 Å². The van der Waals surface area contributed by atoms with Gasteiger partial charge in [0, 0.05) is 5.97 Å². The van der Waals surface area contributed by atoms with Gasteiger partial charge >= 0.3 is 29.6 Å². The average Bonchev–Trinajstić information content (AvgIpc) is 2.84. The number of rotatable bonds is 28. The number of carboxylic acid groups (broad SMARTS) is 1. The second-order valence-corrected chi connectivity index (χ2v) is 11.5. The van der Waals surface area contributed by atoms with Crippen LogP contribution in [0.5, 0.6) is 0 Å². The fraction of sp³-hybridized carbons (Fsp3) is 0.967. The smallest absolute Gasteiger partial charge is 0.726 e. The summed E-state index contributed by atoms with van der Waals surface area (Å²) in [5, 5.41) is 10.2. The van der Waals surface area contributed by atoms with Gasteiger partial charge in [0.25, 0.3) is 0 Å². The van der Waals surface area contributed by atoms with E-state index in [-0.39, 0.29) is 48.7 Å². The summed E-state index contributed by atoms with van der Waals surface area (Å²) in [6.07, 6.45) is 31.6. The maximum atomic E-state index is 10.2. The Morgan fingerprint density at radius 3 is 1.05 bits per heavy atom. The molecular weight excluding hydrogens is 525 g/mol. The van der Waals surface area contributed by atoms with E-state index < -0.39 is 16.4 Å². The molecule has 0 saturated carbocycles. The number of hydrogen-bond acceptors (Lipinski definition) is 6. The van der Waals surface area contributed by atoms with E-state index in [1.165, 1.54) is 128 Å². The standard InChI is InChI=1S/C18H36O2.C12H26O4S.H3N.Na/c1-2-3-4-5-6-7-8-9-10-11-12-13-14-15-16-17-18(19)20;1-2-3-4-5-6-7-8-9-10-11-12-16-17(13,14)15;;/h2-17H2,1H3,(H,19,20);2-12H2,1H3,(H,13,14,15);1H3;/q;;;+1/p-1. The fourth-order valence-corrected chi connectivity index (χ4v) is 4.71. The minimum atomic E-state index is -4.48. The third kappa shape index (κ3) is 51.5. The van der Waals surface area contributed by atoms with Crippen LogP contribution in [0.3, 0.4) is 0 Å². The van der Waals surface area contributed by atoms with Crippen molar-refractivity contribution in [2.24, 2.45) is 0 Å². The molecule has 0 aliphatic heterocycles. The van der Waals surface area contributed by atoms with Gasteiger partial charge in [-0.3, -0.25) is 4.18 Å². The molecule has 4 N–H and O–H groups in total. The number of unbranched alkanes of at least 4 members (excludes halogenated alkanes) is 23. The summed E-state index contributed by atoms with van der Waals surface area (Å²) in [5.41, 5.74) is 0. The first kappa shape index (κ1) is 46.3. The van der Waals surface area contributed by atoms with E-state index in [1.807, 2.05) is 0 Å². The molecule has 0 aromatic heterocycles. The Bertz CT molecular complexity index is 564. The van der Waals surface area contributed by atoms with Crippen LogP contribution >= 0.6 is 0 Å². The van der Waals surface area contributed by atoms with Crippen molar-refractivity contribution in [3.8, 4) is 0 Å². The minimum absolute atomic E-state index is 0. The maximum absolute atomic E-state index is 10.2. The summed E-state index contributed by atoms with van der Waals surface area (Å²) in [7, 11) is -4.48. The largest absolute Gasteiger partial charge is 1.00 e. The van der Waals surface area contributed by atoms with Crippen LogP contribution in [-0.2, 0) is 19.4 Å². The third-order valence-electron chi connectivity index (χ3n) is 6.71. The molecule has 0 rings (SSSR count). The Kier molecular flexibility index (Phi) is 45.4. The first-order chi connectivity index (χ1) is 17.8. The molecule has 0 saturated heterocycles. The summed E-state index contributed by atoms with van der Waals surface area (Å²) >= 11 is 0. The molecule has 0 heterocycles. The quantitative estimate of drug-likeness (QED) is 0.0532. The average molecular weight is 590 g/mol. The summed E-state index contributed by atoms with van der Waals surface area (Å²) in [5.74, 6) is -0.903. The minimum Gasteiger partial charge on any atom is -0.726 e. The molecule has 0 aliphatic rings. The fourth-order valence-electron chi connectivity index (χ4n) is 4.39. The molecule has 39 heavy (non-hydrogen) atoms. The molecule has 0 atom stereocenters. The van der Waals surface area contributed by atoms with E-state index in [0.717, 1.165) is 25.7 Å². The summed E-state index contributed by atoms with van der Waals surface area (Å²) in [6.45, 7) is 4.51. The molecule has 7 nitrogen and oxygen atoms in total. The number of hydrogen-bond donors (Lipinski definition) is 1. The van der Waals surface area contributed by atoms with Crippen molar-refractivity contribution in [2.75, 3.05) is 6.61 Å². The van der Waals surface area contributed by atoms with Crippen LogP contribution in [0.4, 0.5) is 0 Å². The topological polar surface area (TPSA) is 143 Å². The maximum Gasteiger partial charge on any atom is 1.00 e. The van der Waals surface area contributed by atoms with Gasteiger partial charge in [0.05, 0.1) is 6.61 Å². The second kappa shape index (κ2) is 38.3. The summed E-state index contributed by atoms with van der Waals surface area (Å²) < 4.78 is 34.5. The molecule has 9 heteroatoms. The second-order valence-electron chi connectivity index (χ2n) is 10.5. The predicted octanol–water partition coefficient (Wildman–Crippen LogP) is 5.76. The van der Waals surface area contributed by atoms with E-state index in [0.29, 0.717) is 6.42 Å². The van der Waals surface area contributed by atoms with Gasteiger partial charge in [-0.05, 0) is 19.3 Å². The molecule has 0 aromatic rings. The van der Waals surface area contributed by atoms with Crippen LogP contribution in [0.2, 0.25) is 0 Å². The molecule has 0 aliphatic carbocycles. The zero-order chi connectivity index (χ0) is 27.9. The van der Waals surface area contributed by atoms with E-state index >= 15 is 0 Å². The first-order valence-electron chi connectivity index (χ1n) is 15.6. The summed E-state index contributed by atoms with van der Waals surface area (Å²) in [6, 6.07) is 0. The zero-order valence-electron chi connectivity index (χ0n) is 26.4. The van der Waals surface area contributed by atoms with Crippen LogP contribution in [0.15, 0.2) is 0 Å². The van der Waals surface area contributed by atoms with E-state index in [2.05, 4.69) is 18.0 Å². The predicted molar refractivity (Wildman–Crippen MR) is 158 cm³/mol. The van der Waals surface area contributed by atoms with E-state index in [1.54, 1.807) is 0 Å². The van der Waals surface area contributed by atoms with Gasteiger partial charge in [0.15, 0.2) is 0 Å². The summed E-state index contributed by atoms with van der Waals surface area (Å²) in [4.78, 5) is 10.2. The molecular formula is C30H64NNaO6S. The molecule has 0 bridgehead atoms. The van der Waals surface area contributed by atoms with E-state index in [4.69, 9.17) is 0 Å². The third-order valence-corrected chi connectivity index (χ3v) is 7.17. The van der Waals surface area contributed by atoms with Crippen molar-refractivity contribution in [2.45, 2.75) is 181 Å². The number of carboxylic acids is 1. The Hall–Kier alpha value is 0.300. The molecule has 0 unspecified atom stereocenters. The van der Waals surface area contributed by atoms with Gasteiger partial charge < -0.3 is 20.6 Å². The molecule has 0 fully saturated rings. The van der Waals surface area contributed by atoms with Crippen LogP contribution in [0.25, 0.3) is 0 Å². The number of quaternary nitrogens is 1. The van der Waals surface area contributed by atoms with Crippen molar-refractivity contribution >= 4 is 16.4 Å². The monoisotopic (exact) mass is 589 g/mol. The van der Waals surface area contributed by atoms with Crippen molar-refractivity contribution in [1.82, 2.24) is 6.15 Å². The van der Waals surface area contributed by atoms with Crippen molar-refractivity contribution in [1.29, 1.82) is 0 Å². The van der Waals surface area contributed by atoms with Gasteiger partial charge in [-0.25, -0.2) is 8.42 Å². The van der Waals surface area contributed by atoms with Gasteiger partial charge in [-0.15, -0.1) is 0 Å².